The lowest BCUT2D eigenvalue weighted by atomic mass is 9.99. The van der Waals surface area contributed by atoms with Crippen molar-refractivity contribution in [2.75, 3.05) is 0 Å². The summed E-state index contributed by atoms with van der Waals surface area (Å²) in [6.45, 7) is 3.78. The van der Waals surface area contributed by atoms with Gasteiger partial charge in [0.25, 0.3) is 0 Å². The van der Waals surface area contributed by atoms with Crippen LogP contribution in [0.15, 0.2) is 85.5 Å². The molecule has 0 radical (unpaired) electrons. The van der Waals surface area contributed by atoms with Crippen LogP contribution in [0, 0.1) is 11.3 Å². The van der Waals surface area contributed by atoms with E-state index in [4.69, 9.17) is 5.26 Å². The fourth-order valence-electron chi connectivity index (χ4n) is 2.90. The van der Waals surface area contributed by atoms with E-state index < -0.39 is 0 Å². The summed E-state index contributed by atoms with van der Waals surface area (Å²) in [6.07, 6.45) is 4.69. The van der Waals surface area contributed by atoms with Gasteiger partial charge in [-0.3, -0.25) is 0 Å². The maximum Gasteiger partial charge on any atom is 0.0991 e. The molecule has 0 aromatic heterocycles. The molecule has 0 amide bonds. The lowest BCUT2D eigenvalue weighted by Crippen LogP contribution is -1.92. The van der Waals surface area contributed by atoms with E-state index in [0.717, 1.165) is 19.3 Å². The summed E-state index contributed by atoms with van der Waals surface area (Å²) in [6, 6.07) is 27.5. The summed E-state index contributed by atoms with van der Waals surface area (Å²) in [5.74, 6) is 0. The zero-order valence-electron chi connectivity index (χ0n) is 14.3. The van der Waals surface area contributed by atoms with Crippen LogP contribution in [0.2, 0.25) is 0 Å². The first-order chi connectivity index (χ1) is 12.3. The third kappa shape index (κ3) is 4.68. The molecule has 0 aliphatic carbocycles. The summed E-state index contributed by atoms with van der Waals surface area (Å²) in [5.41, 5.74) is 7.17. The molecule has 3 aromatic carbocycles. The summed E-state index contributed by atoms with van der Waals surface area (Å²) < 4.78 is 0. The topological polar surface area (TPSA) is 23.8 Å². The number of hydrogen-bond acceptors (Lipinski definition) is 1. The number of nitriles is 1. The van der Waals surface area contributed by atoms with E-state index in [9.17, 15) is 0 Å². The molecule has 0 spiro atoms. The van der Waals surface area contributed by atoms with Crippen molar-refractivity contribution in [3.8, 4) is 6.07 Å². The zero-order chi connectivity index (χ0) is 17.5. The third-order valence-electron chi connectivity index (χ3n) is 4.33. The Morgan fingerprint density at radius 3 is 1.36 bits per heavy atom. The SMILES string of the molecule is C=CCc1ccc(Cc2ccc(Cc3ccc(C#N)cc3)cc2)cc1. The van der Waals surface area contributed by atoms with Gasteiger partial charge in [0.1, 0.15) is 0 Å². The molecule has 0 aliphatic rings. The van der Waals surface area contributed by atoms with E-state index in [2.05, 4.69) is 61.2 Å². The van der Waals surface area contributed by atoms with Gasteiger partial charge in [-0.25, -0.2) is 0 Å². The normalized spacial score (nSPS) is 10.2. The van der Waals surface area contributed by atoms with Gasteiger partial charge in [0, 0.05) is 0 Å². The largest absolute Gasteiger partial charge is 0.192 e. The van der Waals surface area contributed by atoms with Gasteiger partial charge in [-0.1, -0.05) is 66.7 Å². The van der Waals surface area contributed by atoms with Crippen LogP contribution >= 0.6 is 0 Å². The van der Waals surface area contributed by atoms with Gasteiger partial charge >= 0.3 is 0 Å². The van der Waals surface area contributed by atoms with Gasteiger partial charge in [-0.15, -0.1) is 6.58 Å². The van der Waals surface area contributed by atoms with E-state index in [1.54, 1.807) is 0 Å². The maximum absolute atomic E-state index is 8.86. The molecular weight excluding hydrogens is 302 g/mol. The number of rotatable bonds is 6. The van der Waals surface area contributed by atoms with Gasteiger partial charge in [-0.05, 0) is 59.2 Å². The lowest BCUT2D eigenvalue weighted by molar-refractivity contribution is 1.14. The minimum Gasteiger partial charge on any atom is -0.192 e. The van der Waals surface area contributed by atoms with Crippen LogP contribution in [-0.4, -0.2) is 0 Å². The van der Waals surface area contributed by atoms with Crippen LogP contribution in [0.5, 0.6) is 0 Å². The van der Waals surface area contributed by atoms with E-state index in [1.807, 2.05) is 30.3 Å². The fraction of sp³-hybridized carbons (Fsp3) is 0.125. The fourth-order valence-corrected chi connectivity index (χ4v) is 2.90. The van der Waals surface area contributed by atoms with Crippen LogP contribution in [0.25, 0.3) is 0 Å². The molecule has 3 rings (SSSR count). The van der Waals surface area contributed by atoms with Crippen molar-refractivity contribution in [3.05, 3.63) is 119 Å². The third-order valence-corrected chi connectivity index (χ3v) is 4.33. The molecule has 0 saturated carbocycles. The molecule has 0 bridgehead atoms. The average Bonchev–Trinajstić information content (AvgIpc) is 2.66. The Morgan fingerprint density at radius 2 is 1.00 bits per heavy atom. The van der Waals surface area contributed by atoms with Crippen LogP contribution in [0.1, 0.15) is 33.4 Å². The molecule has 0 aliphatic heterocycles. The van der Waals surface area contributed by atoms with Crippen molar-refractivity contribution in [2.45, 2.75) is 19.3 Å². The number of benzene rings is 3. The Kier molecular flexibility index (Phi) is 5.44. The molecule has 1 heteroatoms. The highest BCUT2D eigenvalue weighted by Gasteiger charge is 2.00. The molecule has 0 fully saturated rings. The van der Waals surface area contributed by atoms with Gasteiger partial charge in [-0.2, -0.15) is 5.26 Å². The highest BCUT2D eigenvalue weighted by molar-refractivity contribution is 5.36. The van der Waals surface area contributed by atoms with Gasteiger partial charge in [0.15, 0.2) is 0 Å². The maximum atomic E-state index is 8.86. The first-order valence-electron chi connectivity index (χ1n) is 8.52. The van der Waals surface area contributed by atoms with Crippen molar-refractivity contribution in [1.82, 2.24) is 0 Å². The quantitative estimate of drug-likeness (QED) is 0.552. The smallest absolute Gasteiger partial charge is 0.0991 e. The lowest BCUT2D eigenvalue weighted by Gasteiger charge is -2.06. The predicted octanol–water partition coefficient (Wildman–Crippen LogP) is 5.47. The van der Waals surface area contributed by atoms with Crippen molar-refractivity contribution in [1.29, 1.82) is 5.26 Å². The minimum atomic E-state index is 0.707. The molecular formula is C24H21N. The molecule has 1 nitrogen and oxygen atoms in total. The molecule has 0 N–H and O–H groups in total. The number of nitrogens with zero attached hydrogens (tertiary/aromatic N) is 1. The van der Waals surface area contributed by atoms with Gasteiger partial charge in [0.05, 0.1) is 11.6 Å². The highest BCUT2D eigenvalue weighted by atomic mass is 14.2. The second-order valence-electron chi connectivity index (χ2n) is 6.29. The Labute approximate surface area is 149 Å². The van der Waals surface area contributed by atoms with Crippen LogP contribution < -0.4 is 0 Å². The Hall–Kier alpha value is -3.11. The van der Waals surface area contributed by atoms with Crippen LogP contribution in [-0.2, 0) is 19.3 Å². The van der Waals surface area contributed by atoms with Crippen molar-refractivity contribution >= 4 is 0 Å². The van der Waals surface area contributed by atoms with Gasteiger partial charge in [0.2, 0.25) is 0 Å². The first-order valence-corrected chi connectivity index (χ1v) is 8.52. The van der Waals surface area contributed by atoms with Crippen molar-refractivity contribution < 1.29 is 0 Å². The summed E-state index contributed by atoms with van der Waals surface area (Å²) in [5, 5.41) is 8.86. The van der Waals surface area contributed by atoms with Crippen LogP contribution in [0.3, 0.4) is 0 Å². The molecule has 3 aromatic rings. The zero-order valence-corrected chi connectivity index (χ0v) is 14.3. The predicted molar refractivity (Wildman–Crippen MR) is 104 cm³/mol. The standard InChI is InChI=1S/C24H21N/c1-2-3-19-4-6-20(7-5-19)16-21-8-10-22(11-9-21)17-23-12-14-24(18-25)15-13-23/h2,4-15H,1,3,16-17H2. The second kappa shape index (κ2) is 8.13. The second-order valence-corrected chi connectivity index (χ2v) is 6.29. The highest BCUT2D eigenvalue weighted by Crippen LogP contribution is 2.15. The van der Waals surface area contributed by atoms with E-state index in [1.165, 1.54) is 27.8 Å². The van der Waals surface area contributed by atoms with E-state index >= 15 is 0 Å². The minimum absolute atomic E-state index is 0.707. The van der Waals surface area contributed by atoms with Crippen LogP contribution in [0.4, 0.5) is 0 Å². The molecule has 25 heavy (non-hydrogen) atoms. The Bertz CT molecular complexity index is 863. The first kappa shape index (κ1) is 16.7. The molecule has 0 atom stereocenters. The number of hydrogen-bond donors (Lipinski definition) is 0. The monoisotopic (exact) mass is 323 g/mol. The number of allylic oxidation sites excluding steroid dienone is 1. The molecule has 0 heterocycles. The molecule has 0 unspecified atom stereocenters. The molecule has 0 saturated heterocycles. The summed E-state index contributed by atoms with van der Waals surface area (Å²) >= 11 is 0. The Morgan fingerprint density at radius 1 is 0.640 bits per heavy atom. The van der Waals surface area contributed by atoms with E-state index in [-0.39, 0.29) is 0 Å². The summed E-state index contributed by atoms with van der Waals surface area (Å²) in [4.78, 5) is 0. The summed E-state index contributed by atoms with van der Waals surface area (Å²) in [7, 11) is 0. The molecule has 122 valence electrons. The van der Waals surface area contributed by atoms with Crippen molar-refractivity contribution in [3.63, 3.8) is 0 Å². The van der Waals surface area contributed by atoms with Crippen molar-refractivity contribution in [2.24, 2.45) is 0 Å². The van der Waals surface area contributed by atoms with E-state index in [0.29, 0.717) is 5.56 Å². The Balaban J connectivity index is 1.63. The van der Waals surface area contributed by atoms with Gasteiger partial charge < -0.3 is 0 Å². The average molecular weight is 323 g/mol.